The first-order valence-corrected chi connectivity index (χ1v) is 7.60. The second kappa shape index (κ2) is 8.91. The van der Waals surface area contributed by atoms with Gasteiger partial charge in [0, 0.05) is 41.8 Å². The minimum atomic E-state index is -0.872. The van der Waals surface area contributed by atoms with E-state index in [1.807, 2.05) is 6.92 Å². The van der Waals surface area contributed by atoms with Gasteiger partial charge in [-0.1, -0.05) is 6.92 Å². The number of nitrogens with one attached hydrogen (secondary N) is 2. The molecule has 7 heteroatoms. The van der Waals surface area contributed by atoms with Gasteiger partial charge < -0.3 is 15.7 Å². The Kier molecular flexibility index (Phi) is 8.36. The lowest BCUT2D eigenvalue weighted by atomic mass is 10.1. The number of carboxylic acids is 1. The van der Waals surface area contributed by atoms with Gasteiger partial charge in [0.15, 0.2) is 0 Å². The fourth-order valence-electron chi connectivity index (χ4n) is 1.33. The maximum absolute atomic E-state index is 11.4. The molecular weight excluding hydrogens is 256 g/mol. The van der Waals surface area contributed by atoms with Crippen LogP contribution in [0, 0.1) is 5.92 Å². The Morgan fingerprint density at radius 2 is 1.94 bits per heavy atom. The number of hydrogen-bond acceptors (Lipinski definition) is 3. The largest absolute Gasteiger partial charge is 0.481 e. The van der Waals surface area contributed by atoms with Crippen LogP contribution in [0.2, 0.25) is 0 Å². The zero-order valence-corrected chi connectivity index (χ0v) is 11.9. The fourth-order valence-corrected chi connectivity index (χ4v) is 2.01. The molecule has 18 heavy (non-hydrogen) atoms. The van der Waals surface area contributed by atoms with Crippen molar-refractivity contribution in [3.8, 4) is 0 Å². The molecule has 0 aromatic rings. The molecule has 6 nitrogen and oxygen atoms in total. The van der Waals surface area contributed by atoms with Gasteiger partial charge in [-0.25, -0.2) is 4.79 Å². The van der Waals surface area contributed by atoms with E-state index in [1.54, 1.807) is 13.2 Å². The van der Waals surface area contributed by atoms with Crippen molar-refractivity contribution in [2.45, 2.75) is 32.7 Å². The molecular formula is C11H22N2O4S. The molecule has 0 heterocycles. The lowest BCUT2D eigenvalue weighted by molar-refractivity contribution is -0.137. The third-order valence-electron chi connectivity index (χ3n) is 2.35. The molecule has 0 aromatic carbocycles. The monoisotopic (exact) mass is 278 g/mol. The smallest absolute Gasteiger partial charge is 0.315 e. The molecule has 3 N–H and O–H groups in total. The molecule has 0 radical (unpaired) electrons. The molecule has 0 aliphatic carbocycles. The van der Waals surface area contributed by atoms with Gasteiger partial charge in [-0.3, -0.25) is 9.00 Å². The molecule has 0 saturated heterocycles. The zero-order valence-electron chi connectivity index (χ0n) is 11.1. The standard InChI is InChI=1S/C11H22N2O4S/c1-8(6-10(14)15)7-12-11(16)13-9(2)4-5-18(3)17/h8-9H,4-7H2,1-3H3,(H,14,15)(H2,12,13,16). The zero-order chi connectivity index (χ0) is 14.1. The van der Waals surface area contributed by atoms with Crippen LogP contribution in [0.25, 0.3) is 0 Å². The highest BCUT2D eigenvalue weighted by Gasteiger charge is 2.11. The summed E-state index contributed by atoms with van der Waals surface area (Å²) >= 11 is 0. The number of carboxylic acid groups (broad SMARTS) is 1. The van der Waals surface area contributed by atoms with Crippen molar-refractivity contribution >= 4 is 22.8 Å². The molecule has 3 atom stereocenters. The van der Waals surface area contributed by atoms with Crippen molar-refractivity contribution in [3.05, 3.63) is 0 Å². The van der Waals surface area contributed by atoms with Crippen molar-refractivity contribution < 1.29 is 18.9 Å². The predicted octanol–water partition coefficient (Wildman–Crippen LogP) is 0.553. The van der Waals surface area contributed by atoms with Crippen LogP contribution in [0.1, 0.15) is 26.7 Å². The average Bonchev–Trinajstić information content (AvgIpc) is 2.22. The molecule has 2 amide bonds. The SMILES string of the molecule is CC(CNC(=O)NC(C)CCS(C)=O)CC(=O)O. The quantitative estimate of drug-likeness (QED) is 0.604. The first kappa shape index (κ1) is 16.9. The van der Waals surface area contributed by atoms with Gasteiger partial charge in [-0.2, -0.15) is 0 Å². The Morgan fingerprint density at radius 1 is 1.33 bits per heavy atom. The van der Waals surface area contributed by atoms with Gasteiger partial charge in [0.05, 0.1) is 0 Å². The normalized spacial score (nSPS) is 15.5. The lowest BCUT2D eigenvalue weighted by Gasteiger charge is -2.15. The summed E-state index contributed by atoms with van der Waals surface area (Å²) in [6, 6.07) is -0.370. The number of carbonyl (C=O) groups is 2. The fraction of sp³-hybridized carbons (Fsp3) is 0.818. The summed E-state index contributed by atoms with van der Waals surface area (Å²) in [6.07, 6.45) is 2.31. The van der Waals surface area contributed by atoms with Crippen LogP contribution in [0.15, 0.2) is 0 Å². The highest BCUT2D eigenvalue weighted by Crippen LogP contribution is 1.99. The van der Waals surface area contributed by atoms with Gasteiger partial charge in [0.1, 0.15) is 0 Å². The highest BCUT2D eigenvalue weighted by molar-refractivity contribution is 7.84. The van der Waals surface area contributed by atoms with Crippen LogP contribution >= 0.6 is 0 Å². The van der Waals surface area contributed by atoms with E-state index in [4.69, 9.17) is 5.11 Å². The summed E-state index contributed by atoms with van der Waals surface area (Å²) in [7, 11) is -0.856. The van der Waals surface area contributed by atoms with Crippen LogP contribution in [0.4, 0.5) is 4.79 Å². The molecule has 106 valence electrons. The Morgan fingerprint density at radius 3 is 2.44 bits per heavy atom. The van der Waals surface area contributed by atoms with E-state index in [0.29, 0.717) is 18.7 Å². The van der Waals surface area contributed by atoms with Crippen molar-refractivity contribution in [2.75, 3.05) is 18.6 Å². The summed E-state index contributed by atoms with van der Waals surface area (Å²) in [5.41, 5.74) is 0. The molecule has 0 rings (SSSR count). The second-order valence-electron chi connectivity index (χ2n) is 4.52. The van der Waals surface area contributed by atoms with Gasteiger partial charge in [0.25, 0.3) is 0 Å². The molecule has 0 saturated carbocycles. The van der Waals surface area contributed by atoms with Gasteiger partial charge in [-0.05, 0) is 19.3 Å². The van der Waals surface area contributed by atoms with E-state index < -0.39 is 16.8 Å². The summed E-state index contributed by atoms with van der Waals surface area (Å²) in [6.45, 7) is 3.93. The Hall–Kier alpha value is -1.11. The topological polar surface area (TPSA) is 95.5 Å². The molecule has 0 fully saturated rings. The van der Waals surface area contributed by atoms with Crippen molar-refractivity contribution in [3.63, 3.8) is 0 Å². The molecule has 0 aliphatic rings. The minimum absolute atomic E-state index is 0.0324. The number of amides is 2. The summed E-state index contributed by atoms with van der Waals surface area (Å²) in [5, 5.41) is 13.9. The maximum Gasteiger partial charge on any atom is 0.315 e. The van der Waals surface area contributed by atoms with Crippen LogP contribution in [-0.2, 0) is 15.6 Å². The first-order chi connectivity index (χ1) is 8.31. The number of aliphatic carboxylic acids is 1. The van der Waals surface area contributed by atoms with Gasteiger partial charge >= 0.3 is 12.0 Å². The van der Waals surface area contributed by atoms with Crippen LogP contribution in [0.5, 0.6) is 0 Å². The van der Waals surface area contributed by atoms with Gasteiger partial charge in [0.2, 0.25) is 0 Å². The summed E-state index contributed by atoms with van der Waals surface area (Å²) < 4.78 is 10.9. The third-order valence-corrected chi connectivity index (χ3v) is 3.16. The molecule has 0 spiro atoms. The molecule has 0 aliphatic heterocycles. The summed E-state index contributed by atoms with van der Waals surface area (Å²) in [4.78, 5) is 21.9. The van der Waals surface area contributed by atoms with Crippen molar-refractivity contribution in [1.29, 1.82) is 0 Å². The number of carbonyl (C=O) groups excluding carboxylic acids is 1. The molecule has 3 unspecified atom stereocenters. The number of urea groups is 1. The second-order valence-corrected chi connectivity index (χ2v) is 6.08. The van der Waals surface area contributed by atoms with Gasteiger partial charge in [-0.15, -0.1) is 0 Å². The lowest BCUT2D eigenvalue weighted by Crippen LogP contribution is -2.42. The van der Waals surface area contributed by atoms with E-state index in [-0.39, 0.29) is 24.4 Å². The van der Waals surface area contributed by atoms with E-state index in [2.05, 4.69) is 10.6 Å². The maximum atomic E-state index is 11.4. The first-order valence-electron chi connectivity index (χ1n) is 5.87. The summed E-state index contributed by atoms with van der Waals surface area (Å²) in [5.74, 6) is -0.424. The molecule has 0 aromatic heterocycles. The predicted molar refractivity (Wildman–Crippen MR) is 71.0 cm³/mol. The Bertz CT molecular complexity index is 309. The average molecular weight is 278 g/mol. The van der Waals surface area contributed by atoms with E-state index in [9.17, 15) is 13.8 Å². The number of rotatable bonds is 8. The van der Waals surface area contributed by atoms with Crippen molar-refractivity contribution in [2.24, 2.45) is 5.92 Å². The molecule has 0 bridgehead atoms. The van der Waals surface area contributed by atoms with E-state index in [0.717, 1.165) is 0 Å². The van der Waals surface area contributed by atoms with Crippen LogP contribution < -0.4 is 10.6 Å². The van der Waals surface area contributed by atoms with E-state index >= 15 is 0 Å². The van der Waals surface area contributed by atoms with E-state index in [1.165, 1.54) is 0 Å². The minimum Gasteiger partial charge on any atom is -0.481 e. The van der Waals surface area contributed by atoms with Crippen LogP contribution in [-0.4, -0.2) is 45.9 Å². The van der Waals surface area contributed by atoms with Crippen LogP contribution in [0.3, 0.4) is 0 Å². The third kappa shape index (κ3) is 10.1. The van der Waals surface area contributed by atoms with Crippen molar-refractivity contribution in [1.82, 2.24) is 10.6 Å². The Balaban J connectivity index is 3.76. The Labute approximate surface area is 110 Å². The number of hydrogen-bond donors (Lipinski definition) is 3. The highest BCUT2D eigenvalue weighted by atomic mass is 32.2.